The maximum absolute atomic E-state index is 4.28. The van der Waals surface area contributed by atoms with Crippen molar-refractivity contribution in [1.82, 2.24) is 10.3 Å². The first kappa shape index (κ1) is 10.1. The van der Waals surface area contributed by atoms with Crippen molar-refractivity contribution in [2.24, 2.45) is 5.92 Å². The normalized spacial score (nSPS) is 20.8. The Morgan fingerprint density at radius 1 is 1.50 bits per heavy atom. The molecule has 0 bridgehead atoms. The quantitative estimate of drug-likeness (QED) is 0.826. The number of aromatic nitrogens is 1. The summed E-state index contributed by atoms with van der Waals surface area (Å²) in [6.07, 6.45) is 4.81. The van der Waals surface area contributed by atoms with Gasteiger partial charge >= 0.3 is 0 Å². The standard InChI is InChI=1S/C11H18N2S/c1-7(10-4-5-10)13-8(2)11-6-12-9(3)14-11/h6-8,10,13H,4-5H2,1-3H3. The summed E-state index contributed by atoms with van der Waals surface area (Å²) in [5.74, 6) is 0.923. The van der Waals surface area contributed by atoms with Crippen LogP contribution < -0.4 is 5.32 Å². The highest BCUT2D eigenvalue weighted by molar-refractivity contribution is 7.11. The Hall–Kier alpha value is -0.410. The van der Waals surface area contributed by atoms with Crippen LogP contribution in [-0.2, 0) is 0 Å². The van der Waals surface area contributed by atoms with Crippen molar-refractivity contribution in [3.63, 3.8) is 0 Å². The largest absolute Gasteiger partial charge is 0.307 e. The molecule has 0 spiro atoms. The number of aryl methyl sites for hydroxylation is 1. The highest BCUT2D eigenvalue weighted by Crippen LogP contribution is 2.33. The van der Waals surface area contributed by atoms with Crippen LogP contribution in [0.15, 0.2) is 6.20 Å². The summed E-state index contributed by atoms with van der Waals surface area (Å²) in [5.41, 5.74) is 0. The molecule has 2 unspecified atom stereocenters. The van der Waals surface area contributed by atoms with Gasteiger partial charge in [0.2, 0.25) is 0 Å². The second kappa shape index (κ2) is 3.99. The predicted octanol–water partition coefficient (Wildman–Crippen LogP) is 2.90. The third kappa shape index (κ3) is 2.34. The van der Waals surface area contributed by atoms with Crippen LogP contribution in [0.4, 0.5) is 0 Å². The van der Waals surface area contributed by atoms with Crippen molar-refractivity contribution in [3.8, 4) is 0 Å². The van der Waals surface area contributed by atoms with Crippen LogP contribution in [0.5, 0.6) is 0 Å². The number of nitrogens with zero attached hydrogens (tertiary/aromatic N) is 1. The van der Waals surface area contributed by atoms with Gasteiger partial charge < -0.3 is 5.32 Å². The first-order valence-electron chi connectivity index (χ1n) is 5.35. The van der Waals surface area contributed by atoms with Crippen LogP contribution in [0.25, 0.3) is 0 Å². The molecule has 1 N–H and O–H groups in total. The summed E-state index contributed by atoms with van der Waals surface area (Å²) in [5, 5.41) is 4.80. The lowest BCUT2D eigenvalue weighted by Gasteiger charge is -2.18. The minimum absolute atomic E-state index is 0.455. The van der Waals surface area contributed by atoms with Gasteiger partial charge in [0.15, 0.2) is 0 Å². The van der Waals surface area contributed by atoms with Gasteiger partial charge in [0, 0.05) is 23.2 Å². The molecule has 0 aromatic carbocycles. The van der Waals surface area contributed by atoms with E-state index in [4.69, 9.17) is 0 Å². The van der Waals surface area contributed by atoms with Gasteiger partial charge in [-0.25, -0.2) is 4.98 Å². The van der Waals surface area contributed by atoms with Crippen LogP contribution in [0.1, 0.15) is 42.6 Å². The maximum atomic E-state index is 4.28. The van der Waals surface area contributed by atoms with Gasteiger partial charge in [-0.3, -0.25) is 0 Å². The van der Waals surface area contributed by atoms with Gasteiger partial charge in [-0.1, -0.05) is 0 Å². The van der Waals surface area contributed by atoms with E-state index in [0.717, 1.165) is 10.9 Å². The van der Waals surface area contributed by atoms with E-state index < -0.39 is 0 Å². The van der Waals surface area contributed by atoms with Crippen molar-refractivity contribution in [1.29, 1.82) is 0 Å². The fourth-order valence-corrected chi connectivity index (χ4v) is 2.58. The third-order valence-corrected chi connectivity index (χ3v) is 4.00. The monoisotopic (exact) mass is 210 g/mol. The molecule has 1 aliphatic carbocycles. The summed E-state index contributed by atoms with van der Waals surface area (Å²) in [4.78, 5) is 5.64. The smallest absolute Gasteiger partial charge is 0.0897 e. The van der Waals surface area contributed by atoms with Gasteiger partial charge in [0.1, 0.15) is 0 Å². The molecular formula is C11H18N2S. The summed E-state index contributed by atoms with van der Waals surface area (Å²) in [7, 11) is 0. The molecule has 14 heavy (non-hydrogen) atoms. The van der Waals surface area contributed by atoms with Gasteiger partial charge in [0.05, 0.1) is 5.01 Å². The minimum Gasteiger partial charge on any atom is -0.307 e. The van der Waals surface area contributed by atoms with Gasteiger partial charge in [-0.05, 0) is 39.5 Å². The third-order valence-electron chi connectivity index (χ3n) is 2.91. The van der Waals surface area contributed by atoms with Crippen LogP contribution in [0.3, 0.4) is 0 Å². The van der Waals surface area contributed by atoms with Crippen molar-refractivity contribution in [2.45, 2.75) is 45.7 Å². The molecule has 1 heterocycles. The Balaban J connectivity index is 1.91. The second-order valence-corrected chi connectivity index (χ2v) is 5.56. The van der Waals surface area contributed by atoms with Crippen LogP contribution >= 0.6 is 11.3 Å². The zero-order valence-electron chi connectivity index (χ0n) is 9.08. The number of hydrogen-bond donors (Lipinski definition) is 1. The van der Waals surface area contributed by atoms with Crippen LogP contribution in [-0.4, -0.2) is 11.0 Å². The van der Waals surface area contributed by atoms with Gasteiger partial charge in [0.25, 0.3) is 0 Å². The number of hydrogen-bond acceptors (Lipinski definition) is 3. The van der Waals surface area contributed by atoms with E-state index >= 15 is 0 Å². The Morgan fingerprint density at radius 2 is 2.21 bits per heavy atom. The fourth-order valence-electron chi connectivity index (χ4n) is 1.79. The van der Waals surface area contributed by atoms with E-state index in [0.29, 0.717) is 12.1 Å². The average molecular weight is 210 g/mol. The molecule has 1 aromatic rings. The van der Waals surface area contributed by atoms with Crippen LogP contribution in [0, 0.1) is 12.8 Å². The van der Waals surface area contributed by atoms with Crippen molar-refractivity contribution < 1.29 is 0 Å². The zero-order valence-corrected chi connectivity index (χ0v) is 9.90. The molecule has 1 saturated carbocycles. The molecule has 78 valence electrons. The molecule has 0 amide bonds. The topological polar surface area (TPSA) is 24.9 Å². The molecular weight excluding hydrogens is 192 g/mol. The number of thiazole rings is 1. The molecule has 0 radical (unpaired) electrons. The van der Waals surface area contributed by atoms with Crippen molar-refractivity contribution >= 4 is 11.3 Å². The summed E-state index contributed by atoms with van der Waals surface area (Å²) in [6, 6.07) is 1.12. The Kier molecular flexibility index (Phi) is 2.88. The number of rotatable bonds is 4. The minimum atomic E-state index is 0.455. The van der Waals surface area contributed by atoms with E-state index in [1.54, 1.807) is 11.3 Å². The van der Waals surface area contributed by atoms with E-state index in [9.17, 15) is 0 Å². The zero-order chi connectivity index (χ0) is 10.1. The summed E-state index contributed by atoms with van der Waals surface area (Å²) < 4.78 is 0. The van der Waals surface area contributed by atoms with Crippen molar-refractivity contribution in [3.05, 3.63) is 16.1 Å². The van der Waals surface area contributed by atoms with E-state index in [1.165, 1.54) is 17.7 Å². The molecule has 2 atom stereocenters. The van der Waals surface area contributed by atoms with Gasteiger partial charge in [-0.15, -0.1) is 11.3 Å². The molecule has 1 aliphatic rings. The molecule has 3 heteroatoms. The van der Waals surface area contributed by atoms with E-state index in [-0.39, 0.29) is 0 Å². The Morgan fingerprint density at radius 3 is 2.71 bits per heavy atom. The molecule has 2 rings (SSSR count). The maximum Gasteiger partial charge on any atom is 0.0897 e. The van der Waals surface area contributed by atoms with Crippen LogP contribution in [0.2, 0.25) is 0 Å². The molecule has 0 saturated heterocycles. The van der Waals surface area contributed by atoms with E-state index in [2.05, 4.69) is 31.1 Å². The Bertz CT molecular complexity index is 304. The van der Waals surface area contributed by atoms with Crippen molar-refractivity contribution in [2.75, 3.05) is 0 Å². The number of nitrogens with one attached hydrogen (secondary N) is 1. The first-order valence-corrected chi connectivity index (χ1v) is 6.17. The first-order chi connectivity index (χ1) is 6.66. The predicted molar refractivity (Wildman–Crippen MR) is 60.6 cm³/mol. The Labute approximate surface area is 89.8 Å². The molecule has 0 aliphatic heterocycles. The highest BCUT2D eigenvalue weighted by atomic mass is 32.1. The summed E-state index contributed by atoms with van der Waals surface area (Å²) in [6.45, 7) is 6.58. The lowest BCUT2D eigenvalue weighted by atomic mass is 10.2. The van der Waals surface area contributed by atoms with Gasteiger partial charge in [-0.2, -0.15) is 0 Å². The lowest BCUT2D eigenvalue weighted by molar-refractivity contribution is 0.445. The fraction of sp³-hybridized carbons (Fsp3) is 0.727. The summed E-state index contributed by atoms with van der Waals surface area (Å²) >= 11 is 1.80. The average Bonchev–Trinajstić information content (AvgIpc) is 2.89. The molecule has 1 fully saturated rings. The highest BCUT2D eigenvalue weighted by Gasteiger charge is 2.28. The lowest BCUT2D eigenvalue weighted by Crippen LogP contribution is -2.30. The SMILES string of the molecule is Cc1ncc(C(C)NC(C)C2CC2)s1. The molecule has 1 aromatic heterocycles. The van der Waals surface area contributed by atoms with E-state index in [1.807, 2.05) is 6.20 Å². The second-order valence-electron chi connectivity index (χ2n) is 4.30. The molecule has 2 nitrogen and oxygen atoms in total.